The van der Waals surface area contributed by atoms with Gasteiger partial charge in [-0.3, -0.25) is 4.90 Å². The van der Waals surface area contributed by atoms with Crippen LogP contribution in [-0.2, 0) is 18.3 Å². The van der Waals surface area contributed by atoms with E-state index in [1.165, 1.54) is 12.4 Å². The second kappa shape index (κ2) is 6.68. The minimum atomic E-state index is -0.411. The topological polar surface area (TPSA) is 59.3 Å². The van der Waals surface area contributed by atoms with Crippen LogP contribution in [0.3, 0.4) is 0 Å². The van der Waals surface area contributed by atoms with E-state index in [1.807, 2.05) is 19.4 Å². The van der Waals surface area contributed by atoms with E-state index in [0.717, 1.165) is 51.4 Å². The molecule has 2 aromatic rings. The van der Waals surface area contributed by atoms with E-state index >= 15 is 0 Å². The van der Waals surface area contributed by atoms with Gasteiger partial charge < -0.3 is 14.2 Å². The predicted molar refractivity (Wildman–Crippen MR) is 90.6 cm³/mol. The lowest BCUT2D eigenvalue weighted by Gasteiger charge is -2.48. The van der Waals surface area contributed by atoms with E-state index in [-0.39, 0.29) is 5.60 Å². The quantitative estimate of drug-likeness (QED) is 0.833. The van der Waals surface area contributed by atoms with Crippen molar-refractivity contribution in [2.45, 2.75) is 25.0 Å². The molecule has 1 spiro atoms. The molecule has 0 saturated carbocycles. The SMILES string of the molecule is Cn1ccnc1CN1CCO[C@]2(CCCN(c3ncc(F)cn3)C2)C1. The van der Waals surface area contributed by atoms with Gasteiger partial charge in [0.25, 0.3) is 0 Å². The average Bonchev–Trinajstić information content (AvgIpc) is 3.00. The van der Waals surface area contributed by atoms with Crippen molar-refractivity contribution in [3.63, 3.8) is 0 Å². The van der Waals surface area contributed by atoms with Crippen LogP contribution in [0.15, 0.2) is 24.8 Å². The molecule has 4 heterocycles. The number of aryl methyl sites for hydroxylation is 1. The number of morpholine rings is 1. The second-order valence-corrected chi connectivity index (χ2v) is 6.92. The van der Waals surface area contributed by atoms with Crippen molar-refractivity contribution in [1.29, 1.82) is 0 Å². The molecule has 0 unspecified atom stereocenters. The van der Waals surface area contributed by atoms with Crippen LogP contribution in [0.2, 0.25) is 0 Å². The molecule has 0 aliphatic carbocycles. The van der Waals surface area contributed by atoms with Crippen LogP contribution in [0, 0.1) is 5.82 Å². The van der Waals surface area contributed by atoms with Gasteiger partial charge in [0.15, 0.2) is 5.82 Å². The first-order valence-electron chi connectivity index (χ1n) is 8.69. The number of halogens is 1. The van der Waals surface area contributed by atoms with Crippen molar-refractivity contribution in [3.05, 3.63) is 36.4 Å². The fourth-order valence-corrected chi connectivity index (χ4v) is 3.79. The zero-order chi connectivity index (χ0) is 17.3. The summed E-state index contributed by atoms with van der Waals surface area (Å²) in [7, 11) is 2.02. The molecule has 0 N–H and O–H groups in total. The van der Waals surface area contributed by atoms with Crippen LogP contribution in [-0.4, -0.2) is 62.8 Å². The Hall–Kier alpha value is -2.06. The molecule has 2 aromatic heterocycles. The Kier molecular flexibility index (Phi) is 4.39. The Bertz CT molecular complexity index is 716. The van der Waals surface area contributed by atoms with E-state index < -0.39 is 5.82 Å². The van der Waals surface area contributed by atoms with Crippen molar-refractivity contribution in [2.75, 3.05) is 37.7 Å². The third-order valence-corrected chi connectivity index (χ3v) is 5.04. The lowest BCUT2D eigenvalue weighted by atomic mass is 9.91. The molecule has 7 nitrogen and oxygen atoms in total. The van der Waals surface area contributed by atoms with E-state index in [0.29, 0.717) is 12.6 Å². The smallest absolute Gasteiger partial charge is 0.225 e. The van der Waals surface area contributed by atoms with Crippen molar-refractivity contribution in [2.24, 2.45) is 7.05 Å². The lowest BCUT2D eigenvalue weighted by molar-refractivity contribution is -0.117. The molecule has 0 bridgehead atoms. The first kappa shape index (κ1) is 16.4. The van der Waals surface area contributed by atoms with Gasteiger partial charge >= 0.3 is 0 Å². The molecule has 4 rings (SSSR count). The molecule has 25 heavy (non-hydrogen) atoms. The number of piperidine rings is 1. The van der Waals surface area contributed by atoms with Crippen molar-refractivity contribution >= 4 is 5.95 Å². The summed E-state index contributed by atoms with van der Waals surface area (Å²) in [5.74, 6) is 1.22. The highest BCUT2D eigenvalue weighted by Gasteiger charge is 2.41. The Balaban J connectivity index is 1.46. The van der Waals surface area contributed by atoms with Crippen molar-refractivity contribution in [3.8, 4) is 0 Å². The van der Waals surface area contributed by atoms with Gasteiger partial charge in [0.05, 0.1) is 37.7 Å². The Morgan fingerprint density at radius 3 is 2.80 bits per heavy atom. The summed E-state index contributed by atoms with van der Waals surface area (Å²) in [5.41, 5.74) is -0.223. The number of hydrogen-bond donors (Lipinski definition) is 0. The van der Waals surface area contributed by atoms with Gasteiger partial charge in [0, 0.05) is 39.1 Å². The summed E-state index contributed by atoms with van der Waals surface area (Å²) in [6.07, 6.45) is 8.27. The number of ether oxygens (including phenoxy) is 1. The zero-order valence-corrected chi connectivity index (χ0v) is 14.4. The van der Waals surface area contributed by atoms with Crippen LogP contribution in [0.25, 0.3) is 0 Å². The molecule has 0 amide bonds. The minimum absolute atomic E-state index is 0.223. The third-order valence-electron chi connectivity index (χ3n) is 5.04. The summed E-state index contributed by atoms with van der Waals surface area (Å²) >= 11 is 0. The summed E-state index contributed by atoms with van der Waals surface area (Å²) in [6, 6.07) is 0. The highest BCUT2D eigenvalue weighted by molar-refractivity contribution is 5.31. The normalized spacial score (nSPS) is 24.8. The predicted octanol–water partition coefficient (Wildman–Crippen LogP) is 1.22. The highest BCUT2D eigenvalue weighted by Crippen LogP contribution is 2.30. The van der Waals surface area contributed by atoms with E-state index in [9.17, 15) is 4.39 Å². The molecule has 2 aliphatic rings. The minimum Gasteiger partial charge on any atom is -0.370 e. The van der Waals surface area contributed by atoms with Gasteiger partial charge in [0.2, 0.25) is 5.95 Å². The summed E-state index contributed by atoms with van der Waals surface area (Å²) in [5, 5.41) is 0. The maximum absolute atomic E-state index is 13.1. The summed E-state index contributed by atoms with van der Waals surface area (Å²) in [4.78, 5) is 17.2. The van der Waals surface area contributed by atoms with Gasteiger partial charge in [-0.1, -0.05) is 0 Å². The highest BCUT2D eigenvalue weighted by atomic mass is 19.1. The van der Waals surface area contributed by atoms with E-state index in [4.69, 9.17) is 4.74 Å². The monoisotopic (exact) mass is 346 g/mol. The third kappa shape index (κ3) is 3.50. The summed E-state index contributed by atoms with van der Waals surface area (Å²) in [6.45, 7) is 4.90. The Morgan fingerprint density at radius 1 is 1.20 bits per heavy atom. The molecule has 2 aliphatic heterocycles. The zero-order valence-electron chi connectivity index (χ0n) is 14.4. The van der Waals surface area contributed by atoms with Gasteiger partial charge in [-0.25, -0.2) is 19.3 Å². The fraction of sp³-hybridized carbons (Fsp3) is 0.588. The lowest BCUT2D eigenvalue weighted by Crippen LogP contribution is -2.60. The Morgan fingerprint density at radius 2 is 2.04 bits per heavy atom. The number of aromatic nitrogens is 4. The molecule has 2 fully saturated rings. The molecule has 2 saturated heterocycles. The van der Waals surface area contributed by atoms with Gasteiger partial charge in [-0.15, -0.1) is 0 Å². The number of hydrogen-bond acceptors (Lipinski definition) is 6. The fourth-order valence-electron chi connectivity index (χ4n) is 3.79. The molecule has 134 valence electrons. The van der Waals surface area contributed by atoms with Gasteiger partial charge in [-0.05, 0) is 12.8 Å². The van der Waals surface area contributed by atoms with Crippen LogP contribution >= 0.6 is 0 Å². The van der Waals surface area contributed by atoms with Crippen LogP contribution in [0.1, 0.15) is 18.7 Å². The second-order valence-electron chi connectivity index (χ2n) is 6.92. The molecular formula is C17H23FN6O. The van der Waals surface area contributed by atoms with Crippen LogP contribution in [0.4, 0.5) is 10.3 Å². The molecule has 8 heteroatoms. The maximum Gasteiger partial charge on any atom is 0.225 e. The van der Waals surface area contributed by atoms with Gasteiger partial charge in [-0.2, -0.15) is 0 Å². The first-order valence-corrected chi connectivity index (χ1v) is 8.69. The van der Waals surface area contributed by atoms with E-state index in [2.05, 4.69) is 29.3 Å². The maximum atomic E-state index is 13.1. The van der Waals surface area contributed by atoms with Crippen LogP contribution in [0.5, 0.6) is 0 Å². The largest absolute Gasteiger partial charge is 0.370 e. The number of nitrogens with zero attached hydrogens (tertiary/aromatic N) is 6. The number of anilines is 1. The van der Waals surface area contributed by atoms with Crippen molar-refractivity contribution in [1.82, 2.24) is 24.4 Å². The van der Waals surface area contributed by atoms with E-state index in [1.54, 1.807) is 0 Å². The number of imidazole rings is 1. The van der Waals surface area contributed by atoms with Gasteiger partial charge in [0.1, 0.15) is 5.82 Å². The Labute approximate surface area is 146 Å². The first-order chi connectivity index (χ1) is 12.1. The number of rotatable bonds is 3. The standard InChI is InChI=1S/C17H23FN6O/c1-22-6-4-19-15(22)11-23-7-8-25-17(12-23)3-2-5-24(13-17)16-20-9-14(18)10-21-16/h4,6,9-10H,2-3,5,7-8,11-13H2,1H3/t17-/m1/s1. The average molecular weight is 346 g/mol. The molecule has 1 atom stereocenters. The molecule has 0 radical (unpaired) electrons. The molecular weight excluding hydrogens is 323 g/mol. The van der Waals surface area contributed by atoms with Crippen molar-refractivity contribution < 1.29 is 9.13 Å². The summed E-state index contributed by atoms with van der Waals surface area (Å²) < 4.78 is 21.4. The molecule has 0 aromatic carbocycles. The van der Waals surface area contributed by atoms with Crippen LogP contribution < -0.4 is 4.90 Å².